The van der Waals surface area contributed by atoms with Gasteiger partial charge in [-0.3, -0.25) is 4.79 Å². The molecule has 2 rings (SSSR count). The molecule has 124 valence electrons. The van der Waals surface area contributed by atoms with Crippen molar-refractivity contribution in [3.63, 3.8) is 0 Å². The molecule has 0 spiro atoms. The molecule has 0 heterocycles. The molecule has 0 aliphatic heterocycles. The van der Waals surface area contributed by atoms with E-state index in [9.17, 15) is 4.79 Å². The van der Waals surface area contributed by atoms with E-state index in [1.165, 1.54) is 12.2 Å². The summed E-state index contributed by atoms with van der Waals surface area (Å²) in [5, 5.41) is 0. The summed E-state index contributed by atoms with van der Waals surface area (Å²) in [6.07, 6.45) is 6.59. The van der Waals surface area contributed by atoms with Gasteiger partial charge in [0.05, 0.1) is 23.2 Å². The number of ether oxygens (including phenoxy) is 2. The lowest BCUT2D eigenvalue weighted by molar-refractivity contribution is -0.110. The van der Waals surface area contributed by atoms with Crippen LogP contribution < -0.4 is 9.47 Å². The fourth-order valence-electron chi connectivity index (χ4n) is 1.98. The van der Waals surface area contributed by atoms with E-state index in [0.717, 1.165) is 31.6 Å². The van der Waals surface area contributed by atoms with Crippen molar-refractivity contribution >= 4 is 49.8 Å². The van der Waals surface area contributed by atoms with E-state index in [2.05, 4.69) is 31.9 Å². The highest BCUT2D eigenvalue weighted by Crippen LogP contribution is 2.27. The second-order valence-corrected chi connectivity index (χ2v) is 6.57. The molecule has 0 bridgehead atoms. The zero-order chi connectivity index (χ0) is 17.5. The third-order valence-electron chi connectivity index (χ3n) is 3.23. The van der Waals surface area contributed by atoms with Crippen LogP contribution in [0.4, 0.5) is 0 Å². The lowest BCUT2D eigenvalue weighted by Gasteiger charge is -2.03. The first kappa shape index (κ1) is 18.5. The van der Waals surface area contributed by atoms with Crippen molar-refractivity contribution in [3.05, 3.63) is 68.6 Å². The third-order valence-corrected chi connectivity index (χ3v) is 4.47. The van der Waals surface area contributed by atoms with Crippen LogP contribution in [0.2, 0.25) is 0 Å². The predicted molar refractivity (Wildman–Crippen MR) is 104 cm³/mol. The molecule has 0 unspecified atom stereocenters. The predicted octanol–water partition coefficient (Wildman–Crippen LogP) is 5.52. The Hall–Kier alpha value is -1.85. The van der Waals surface area contributed by atoms with Gasteiger partial charge in [0.15, 0.2) is 5.78 Å². The second-order valence-electron chi connectivity index (χ2n) is 4.86. The maximum atomic E-state index is 12.0. The first-order chi connectivity index (χ1) is 11.5. The number of allylic oxidation sites excluding steroid dienone is 2. The van der Waals surface area contributed by atoms with Crippen LogP contribution in [-0.4, -0.2) is 20.0 Å². The van der Waals surface area contributed by atoms with Crippen LogP contribution >= 0.6 is 31.9 Å². The topological polar surface area (TPSA) is 35.5 Å². The minimum Gasteiger partial charge on any atom is -0.496 e. The molecule has 0 aliphatic carbocycles. The number of rotatable bonds is 6. The van der Waals surface area contributed by atoms with E-state index in [0.29, 0.717) is 0 Å². The van der Waals surface area contributed by atoms with E-state index in [4.69, 9.17) is 9.47 Å². The maximum absolute atomic E-state index is 12.0. The quantitative estimate of drug-likeness (QED) is 0.542. The van der Waals surface area contributed by atoms with Crippen LogP contribution in [-0.2, 0) is 4.79 Å². The van der Waals surface area contributed by atoms with Crippen LogP contribution in [0.25, 0.3) is 12.2 Å². The van der Waals surface area contributed by atoms with Crippen LogP contribution in [0.5, 0.6) is 11.5 Å². The van der Waals surface area contributed by atoms with Crippen molar-refractivity contribution in [3.8, 4) is 11.5 Å². The molecule has 0 N–H and O–H groups in total. The van der Waals surface area contributed by atoms with Gasteiger partial charge in [0.2, 0.25) is 0 Å². The van der Waals surface area contributed by atoms with Gasteiger partial charge in [-0.25, -0.2) is 0 Å². The Kier molecular flexibility index (Phi) is 6.82. The van der Waals surface area contributed by atoms with Crippen molar-refractivity contribution in [1.82, 2.24) is 0 Å². The first-order valence-electron chi connectivity index (χ1n) is 7.10. The molecule has 2 aromatic rings. The highest BCUT2D eigenvalue weighted by Gasteiger charge is 2.01. The van der Waals surface area contributed by atoms with Crippen LogP contribution in [0, 0.1) is 0 Å². The molecule has 0 aliphatic rings. The molecule has 24 heavy (non-hydrogen) atoms. The summed E-state index contributed by atoms with van der Waals surface area (Å²) >= 11 is 6.84. The SMILES string of the molecule is COc1ccc(C=CC(=O)C=Cc2ccc(OC)c(Br)c2)cc1Br. The Morgan fingerprint density at radius 1 is 0.833 bits per heavy atom. The fraction of sp³-hybridized carbons (Fsp3) is 0.105. The molecule has 0 saturated heterocycles. The average molecular weight is 452 g/mol. The molecule has 0 amide bonds. The fourth-order valence-corrected chi connectivity index (χ4v) is 3.10. The molecule has 0 aromatic heterocycles. The van der Waals surface area contributed by atoms with Gasteiger partial charge in [-0.2, -0.15) is 0 Å². The number of carbonyl (C=O) groups excluding carboxylic acids is 1. The molecule has 0 saturated carbocycles. The summed E-state index contributed by atoms with van der Waals surface area (Å²) in [5.74, 6) is 1.42. The zero-order valence-electron chi connectivity index (χ0n) is 13.3. The van der Waals surface area contributed by atoms with Gasteiger partial charge in [-0.15, -0.1) is 0 Å². The van der Waals surface area contributed by atoms with Crippen LogP contribution in [0.3, 0.4) is 0 Å². The lowest BCUT2D eigenvalue weighted by Crippen LogP contribution is -1.87. The second kappa shape index (κ2) is 8.85. The highest BCUT2D eigenvalue weighted by molar-refractivity contribution is 9.10. The molecule has 0 fully saturated rings. The monoisotopic (exact) mass is 450 g/mol. The summed E-state index contributed by atoms with van der Waals surface area (Å²) in [6, 6.07) is 11.3. The molecular weight excluding hydrogens is 436 g/mol. The Labute approximate surface area is 158 Å². The van der Waals surface area contributed by atoms with Crippen molar-refractivity contribution in [2.75, 3.05) is 14.2 Å². The summed E-state index contributed by atoms with van der Waals surface area (Å²) in [4.78, 5) is 12.0. The van der Waals surface area contributed by atoms with Crippen LogP contribution in [0.15, 0.2) is 57.5 Å². The minimum atomic E-state index is -0.0890. The molecule has 5 heteroatoms. The first-order valence-corrected chi connectivity index (χ1v) is 8.69. The van der Waals surface area contributed by atoms with Crippen molar-refractivity contribution in [2.45, 2.75) is 0 Å². The van der Waals surface area contributed by atoms with Gasteiger partial charge in [0, 0.05) is 0 Å². The Morgan fingerprint density at radius 3 is 1.58 bits per heavy atom. The average Bonchev–Trinajstić information content (AvgIpc) is 2.58. The number of hydrogen-bond acceptors (Lipinski definition) is 3. The lowest BCUT2D eigenvalue weighted by atomic mass is 10.1. The summed E-state index contributed by atoms with van der Waals surface area (Å²) in [5.41, 5.74) is 1.83. The van der Waals surface area contributed by atoms with E-state index in [1.807, 2.05) is 36.4 Å². The van der Waals surface area contributed by atoms with Crippen molar-refractivity contribution in [2.24, 2.45) is 0 Å². The van der Waals surface area contributed by atoms with E-state index in [-0.39, 0.29) is 5.78 Å². The number of benzene rings is 2. The maximum Gasteiger partial charge on any atom is 0.178 e. The largest absolute Gasteiger partial charge is 0.496 e. The number of halogens is 2. The summed E-state index contributed by atoms with van der Waals surface area (Å²) in [6.45, 7) is 0. The number of methoxy groups -OCH3 is 2. The van der Waals surface area contributed by atoms with E-state index >= 15 is 0 Å². The van der Waals surface area contributed by atoms with Gasteiger partial charge >= 0.3 is 0 Å². The van der Waals surface area contributed by atoms with Crippen molar-refractivity contribution in [1.29, 1.82) is 0 Å². The van der Waals surface area contributed by atoms with Crippen molar-refractivity contribution < 1.29 is 14.3 Å². The molecule has 2 aromatic carbocycles. The number of ketones is 1. The minimum absolute atomic E-state index is 0.0890. The molecule has 3 nitrogen and oxygen atoms in total. The van der Waals surface area contributed by atoms with Crippen LogP contribution in [0.1, 0.15) is 11.1 Å². The van der Waals surface area contributed by atoms with Gasteiger partial charge in [-0.1, -0.05) is 24.3 Å². The molecule has 0 radical (unpaired) electrons. The van der Waals surface area contributed by atoms with E-state index in [1.54, 1.807) is 26.4 Å². The highest BCUT2D eigenvalue weighted by atomic mass is 79.9. The Morgan fingerprint density at radius 2 is 1.25 bits per heavy atom. The normalized spacial score (nSPS) is 11.2. The smallest absolute Gasteiger partial charge is 0.178 e. The van der Waals surface area contributed by atoms with E-state index < -0.39 is 0 Å². The van der Waals surface area contributed by atoms with Gasteiger partial charge in [0.1, 0.15) is 11.5 Å². The standard InChI is InChI=1S/C19H16Br2O3/c1-23-18-9-5-13(11-16(18)20)3-7-15(22)8-4-14-6-10-19(24-2)17(21)12-14/h3-12H,1-2H3. The molecule has 0 atom stereocenters. The zero-order valence-corrected chi connectivity index (χ0v) is 16.4. The van der Waals surface area contributed by atoms with Gasteiger partial charge in [-0.05, 0) is 79.4 Å². The Balaban J connectivity index is 2.04. The summed E-state index contributed by atoms with van der Waals surface area (Å²) < 4.78 is 12.0. The van der Waals surface area contributed by atoms with Gasteiger partial charge < -0.3 is 9.47 Å². The Bertz CT molecular complexity index is 730. The summed E-state index contributed by atoms with van der Waals surface area (Å²) in [7, 11) is 3.23. The van der Waals surface area contributed by atoms with Gasteiger partial charge in [0.25, 0.3) is 0 Å². The third kappa shape index (κ3) is 5.08. The number of carbonyl (C=O) groups is 1. The number of hydrogen-bond donors (Lipinski definition) is 0. The molecular formula is C19H16Br2O3.